The summed E-state index contributed by atoms with van der Waals surface area (Å²) in [5.74, 6) is -0.261. The van der Waals surface area contributed by atoms with Gasteiger partial charge in [-0.25, -0.2) is 0 Å². The quantitative estimate of drug-likeness (QED) is 0.795. The Hall–Kier alpha value is -1.43. The summed E-state index contributed by atoms with van der Waals surface area (Å²) in [5.41, 5.74) is 0.645. The van der Waals surface area contributed by atoms with Gasteiger partial charge in [0.1, 0.15) is 11.4 Å². The van der Waals surface area contributed by atoms with E-state index in [-0.39, 0.29) is 5.78 Å². The molecule has 0 aromatic carbocycles. The first-order chi connectivity index (χ1) is 9.49. The van der Waals surface area contributed by atoms with Crippen LogP contribution < -0.4 is 0 Å². The van der Waals surface area contributed by atoms with E-state index in [1.807, 2.05) is 19.0 Å². The molecule has 0 N–H and O–H groups in total. The van der Waals surface area contributed by atoms with Crippen molar-refractivity contribution in [2.24, 2.45) is 0 Å². The van der Waals surface area contributed by atoms with E-state index in [9.17, 15) is 4.79 Å². The molecular formula is C13H14Cl2N4O. The Labute approximate surface area is 127 Å². The fraction of sp³-hybridized carbons (Fsp3) is 0.308. The van der Waals surface area contributed by atoms with Gasteiger partial charge in [-0.1, -0.05) is 23.2 Å². The van der Waals surface area contributed by atoms with E-state index < -0.39 is 0 Å². The lowest BCUT2D eigenvalue weighted by Gasteiger charge is -2.11. The largest absolute Gasteiger partial charge is 0.308 e. The molecule has 0 amide bonds. The number of nitrogens with zero attached hydrogens (tertiary/aromatic N) is 4. The number of rotatable bonds is 5. The summed E-state index contributed by atoms with van der Waals surface area (Å²) in [4.78, 5) is 18.5. The first-order valence-corrected chi connectivity index (χ1v) is 6.77. The van der Waals surface area contributed by atoms with Gasteiger partial charge in [0.2, 0.25) is 5.78 Å². The number of carbonyl (C=O) groups excluding carboxylic acids is 1. The first-order valence-electron chi connectivity index (χ1n) is 6.01. The average molecular weight is 313 g/mol. The van der Waals surface area contributed by atoms with Crippen molar-refractivity contribution in [3.05, 3.63) is 46.0 Å². The van der Waals surface area contributed by atoms with Crippen LogP contribution in [0.1, 0.15) is 16.2 Å². The van der Waals surface area contributed by atoms with Crippen molar-refractivity contribution in [2.45, 2.75) is 6.54 Å². The van der Waals surface area contributed by atoms with Crippen LogP contribution in [0.15, 0.2) is 24.5 Å². The maximum absolute atomic E-state index is 12.4. The average Bonchev–Trinajstić information content (AvgIpc) is 2.77. The maximum Gasteiger partial charge on any atom is 0.230 e. The van der Waals surface area contributed by atoms with Crippen LogP contribution in [0.3, 0.4) is 0 Å². The molecule has 0 bridgehead atoms. The van der Waals surface area contributed by atoms with Crippen molar-refractivity contribution in [3.8, 4) is 0 Å². The van der Waals surface area contributed by atoms with Gasteiger partial charge in [-0.05, 0) is 26.2 Å². The molecule has 2 heterocycles. The Morgan fingerprint density at radius 1 is 1.30 bits per heavy atom. The fourth-order valence-electron chi connectivity index (χ4n) is 1.68. The number of pyridine rings is 1. The predicted octanol–water partition coefficient (Wildman–Crippen LogP) is 2.38. The maximum atomic E-state index is 12.4. The van der Waals surface area contributed by atoms with Gasteiger partial charge in [-0.15, -0.1) is 0 Å². The van der Waals surface area contributed by atoms with Crippen LogP contribution in [0, 0.1) is 0 Å². The number of hydrogen-bond acceptors (Lipinski definition) is 4. The van der Waals surface area contributed by atoms with Crippen molar-refractivity contribution >= 4 is 29.0 Å². The third kappa shape index (κ3) is 3.36. The van der Waals surface area contributed by atoms with Crippen molar-refractivity contribution in [3.63, 3.8) is 0 Å². The second kappa shape index (κ2) is 6.35. The van der Waals surface area contributed by atoms with Crippen LogP contribution in [-0.4, -0.2) is 46.1 Å². The molecule has 0 aliphatic rings. The molecular weight excluding hydrogens is 299 g/mol. The molecule has 0 aliphatic heterocycles. The van der Waals surface area contributed by atoms with Crippen molar-refractivity contribution in [1.29, 1.82) is 0 Å². The highest BCUT2D eigenvalue weighted by atomic mass is 35.5. The molecule has 20 heavy (non-hydrogen) atoms. The zero-order chi connectivity index (χ0) is 14.7. The molecule has 0 spiro atoms. The minimum atomic E-state index is -0.261. The zero-order valence-corrected chi connectivity index (χ0v) is 12.7. The molecule has 0 saturated heterocycles. The number of ketones is 1. The van der Waals surface area contributed by atoms with E-state index in [2.05, 4.69) is 10.1 Å². The summed E-state index contributed by atoms with van der Waals surface area (Å²) in [6.45, 7) is 1.33. The van der Waals surface area contributed by atoms with Crippen molar-refractivity contribution in [2.75, 3.05) is 20.6 Å². The smallest absolute Gasteiger partial charge is 0.230 e. The van der Waals surface area contributed by atoms with Crippen LogP contribution in [-0.2, 0) is 6.54 Å². The van der Waals surface area contributed by atoms with Crippen molar-refractivity contribution in [1.82, 2.24) is 19.7 Å². The molecule has 7 heteroatoms. The van der Waals surface area contributed by atoms with E-state index in [1.165, 1.54) is 12.4 Å². The molecule has 2 aromatic rings. The van der Waals surface area contributed by atoms with Gasteiger partial charge in [0.15, 0.2) is 0 Å². The minimum Gasteiger partial charge on any atom is -0.308 e. The number of aromatic nitrogens is 3. The monoisotopic (exact) mass is 312 g/mol. The molecule has 5 nitrogen and oxygen atoms in total. The van der Waals surface area contributed by atoms with E-state index >= 15 is 0 Å². The zero-order valence-electron chi connectivity index (χ0n) is 11.2. The van der Waals surface area contributed by atoms with Gasteiger partial charge in [-0.3, -0.25) is 14.5 Å². The van der Waals surface area contributed by atoms with Crippen LogP contribution in [0.4, 0.5) is 0 Å². The molecule has 0 atom stereocenters. The van der Waals surface area contributed by atoms with Gasteiger partial charge in [0, 0.05) is 12.7 Å². The minimum absolute atomic E-state index is 0.261. The predicted molar refractivity (Wildman–Crippen MR) is 78.5 cm³/mol. The van der Waals surface area contributed by atoms with Gasteiger partial charge < -0.3 is 4.90 Å². The van der Waals surface area contributed by atoms with Gasteiger partial charge in [-0.2, -0.15) is 5.10 Å². The van der Waals surface area contributed by atoms with Gasteiger partial charge in [0.25, 0.3) is 0 Å². The number of halogens is 2. The molecule has 0 saturated carbocycles. The SMILES string of the molecule is CN(C)CCn1ncc(Cl)c1C(=O)c1ccc(Cl)cn1. The third-order valence-corrected chi connectivity index (χ3v) is 3.23. The molecule has 0 fully saturated rings. The topological polar surface area (TPSA) is 51.0 Å². The standard InChI is InChI=1S/C13H14Cl2N4O/c1-18(2)5-6-19-12(10(15)8-17-19)13(20)11-4-3-9(14)7-16-11/h3-4,7-8H,5-6H2,1-2H3. The van der Waals surface area contributed by atoms with Crippen LogP contribution in [0.2, 0.25) is 10.0 Å². The van der Waals surface area contributed by atoms with Crippen LogP contribution >= 0.6 is 23.2 Å². The van der Waals surface area contributed by atoms with Gasteiger partial charge in [0.05, 0.1) is 22.8 Å². The highest BCUT2D eigenvalue weighted by Gasteiger charge is 2.20. The Morgan fingerprint density at radius 3 is 2.65 bits per heavy atom. The summed E-state index contributed by atoms with van der Waals surface area (Å²) in [5, 5.41) is 4.94. The van der Waals surface area contributed by atoms with E-state index in [0.29, 0.717) is 28.0 Å². The van der Waals surface area contributed by atoms with E-state index in [1.54, 1.807) is 16.8 Å². The van der Waals surface area contributed by atoms with Crippen LogP contribution in [0.5, 0.6) is 0 Å². The molecule has 2 rings (SSSR count). The molecule has 106 valence electrons. The second-order valence-corrected chi connectivity index (χ2v) is 5.40. The highest BCUT2D eigenvalue weighted by molar-refractivity contribution is 6.34. The lowest BCUT2D eigenvalue weighted by atomic mass is 10.2. The number of hydrogen-bond donors (Lipinski definition) is 0. The second-order valence-electron chi connectivity index (χ2n) is 4.56. The van der Waals surface area contributed by atoms with Gasteiger partial charge >= 0.3 is 0 Å². The summed E-state index contributed by atoms with van der Waals surface area (Å²) in [7, 11) is 3.90. The molecule has 0 aliphatic carbocycles. The highest BCUT2D eigenvalue weighted by Crippen LogP contribution is 2.19. The summed E-state index contributed by atoms with van der Waals surface area (Å²) < 4.78 is 1.60. The van der Waals surface area contributed by atoms with Crippen molar-refractivity contribution < 1.29 is 4.79 Å². The van der Waals surface area contributed by atoms with Crippen LogP contribution in [0.25, 0.3) is 0 Å². The molecule has 2 aromatic heterocycles. The summed E-state index contributed by atoms with van der Waals surface area (Å²) in [6.07, 6.45) is 2.91. The summed E-state index contributed by atoms with van der Waals surface area (Å²) in [6, 6.07) is 3.19. The number of carbonyl (C=O) groups is 1. The third-order valence-electron chi connectivity index (χ3n) is 2.73. The lowest BCUT2D eigenvalue weighted by molar-refractivity contribution is 0.102. The Kier molecular flexibility index (Phi) is 4.75. The lowest BCUT2D eigenvalue weighted by Crippen LogP contribution is -2.22. The first kappa shape index (κ1) is 15.0. The Bertz CT molecular complexity index is 607. The Morgan fingerprint density at radius 2 is 2.05 bits per heavy atom. The summed E-state index contributed by atoms with van der Waals surface area (Å²) >= 11 is 11.8. The Balaban J connectivity index is 2.29. The fourth-order valence-corrected chi connectivity index (χ4v) is 2.02. The normalized spacial score (nSPS) is 11.1. The van der Waals surface area contributed by atoms with E-state index in [0.717, 1.165) is 6.54 Å². The molecule has 0 unspecified atom stereocenters. The molecule has 0 radical (unpaired) electrons. The number of likely N-dealkylation sites (N-methyl/N-ethyl adjacent to an activating group) is 1. The van der Waals surface area contributed by atoms with E-state index in [4.69, 9.17) is 23.2 Å².